The third-order valence-corrected chi connectivity index (χ3v) is 5.35. The largest absolute Gasteiger partial charge is 0.378 e. The van der Waals surface area contributed by atoms with Crippen molar-refractivity contribution >= 4 is 23.4 Å². The van der Waals surface area contributed by atoms with E-state index < -0.39 is 0 Å². The van der Waals surface area contributed by atoms with E-state index in [1.54, 1.807) is 21.9 Å². The van der Waals surface area contributed by atoms with Crippen LogP contribution in [-0.4, -0.2) is 64.2 Å². The molecule has 0 N–H and O–H groups in total. The molecular formula is C19H21ClN4O3. The first-order chi connectivity index (χ1) is 13.0. The molecule has 1 aromatic carbocycles. The van der Waals surface area contributed by atoms with E-state index in [4.69, 9.17) is 16.3 Å². The van der Waals surface area contributed by atoms with Gasteiger partial charge in [0.2, 0.25) is 0 Å². The van der Waals surface area contributed by atoms with E-state index in [-0.39, 0.29) is 11.8 Å². The number of carbonyl (C=O) groups is 2. The second-order valence-corrected chi connectivity index (χ2v) is 7.21. The number of amides is 2. The van der Waals surface area contributed by atoms with Crippen molar-refractivity contribution in [3.63, 3.8) is 0 Å². The number of hydrogen-bond acceptors (Lipinski definition) is 4. The minimum atomic E-state index is -0.0911. The summed E-state index contributed by atoms with van der Waals surface area (Å²) in [5.41, 5.74) is 2.68. The number of benzene rings is 1. The molecule has 8 heteroatoms. The zero-order valence-electron chi connectivity index (χ0n) is 15.2. The van der Waals surface area contributed by atoms with Crippen LogP contribution in [0.15, 0.2) is 24.3 Å². The number of halogens is 1. The summed E-state index contributed by atoms with van der Waals surface area (Å²) in [6.45, 7) is 5.65. The summed E-state index contributed by atoms with van der Waals surface area (Å²) < 4.78 is 7.11. The quantitative estimate of drug-likeness (QED) is 0.788. The molecule has 4 rings (SSSR count). The number of morpholine rings is 1. The van der Waals surface area contributed by atoms with Gasteiger partial charge in [-0.25, -0.2) is 0 Å². The molecule has 2 aromatic rings. The van der Waals surface area contributed by atoms with Crippen molar-refractivity contribution in [2.45, 2.75) is 20.0 Å². The molecule has 7 nitrogen and oxygen atoms in total. The number of fused-ring (bicyclic) bond motifs is 1. The van der Waals surface area contributed by atoms with Crippen molar-refractivity contribution in [2.75, 3.05) is 32.8 Å². The molecule has 2 aliphatic heterocycles. The summed E-state index contributed by atoms with van der Waals surface area (Å²) in [5, 5.41) is 4.91. The smallest absolute Gasteiger partial charge is 0.274 e. The normalized spacial score (nSPS) is 17.0. The third kappa shape index (κ3) is 3.44. The fourth-order valence-corrected chi connectivity index (χ4v) is 3.84. The van der Waals surface area contributed by atoms with Crippen LogP contribution < -0.4 is 0 Å². The van der Waals surface area contributed by atoms with E-state index in [1.165, 1.54) is 0 Å². The van der Waals surface area contributed by atoms with Gasteiger partial charge in [-0.15, -0.1) is 0 Å². The maximum absolute atomic E-state index is 13.0. The molecule has 0 atom stereocenters. The lowest BCUT2D eigenvalue weighted by atomic mass is 10.1. The Morgan fingerprint density at radius 3 is 2.59 bits per heavy atom. The number of rotatable bonds is 2. The van der Waals surface area contributed by atoms with Crippen LogP contribution in [0.4, 0.5) is 0 Å². The molecular weight excluding hydrogens is 368 g/mol. The molecule has 0 radical (unpaired) electrons. The number of hydrogen-bond donors (Lipinski definition) is 0. The molecule has 3 heterocycles. The standard InChI is InChI=1S/C19H21ClN4O3/c1-13-3-2-4-15(20)17(13)19(26)23-5-6-24-14(12-23)11-16(21-24)18(25)22-7-9-27-10-8-22/h2-4,11H,5-10,12H2,1H3. The zero-order chi connectivity index (χ0) is 19.0. The van der Waals surface area contributed by atoms with E-state index in [9.17, 15) is 9.59 Å². The van der Waals surface area contributed by atoms with Crippen molar-refractivity contribution in [1.82, 2.24) is 19.6 Å². The molecule has 0 spiro atoms. The van der Waals surface area contributed by atoms with Gasteiger partial charge in [-0.05, 0) is 24.6 Å². The van der Waals surface area contributed by atoms with Crippen molar-refractivity contribution in [3.05, 3.63) is 51.8 Å². The van der Waals surface area contributed by atoms with Gasteiger partial charge in [0.1, 0.15) is 0 Å². The van der Waals surface area contributed by atoms with Crippen LogP contribution in [-0.2, 0) is 17.8 Å². The molecule has 2 aliphatic rings. The summed E-state index contributed by atoms with van der Waals surface area (Å²) in [4.78, 5) is 29.1. The van der Waals surface area contributed by atoms with Gasteiger partial charge in [0.15, 0.2) is 5.69 Å². The van der Waals surface area contributed by atoms with E-state index in [0.29, 0.717) is 62.2 Å². The molecule has 1 fully saturated rings. The first-order valence-corrected chi connectivity index (χ1v) is 9.40. The number of ether oxygens (including phenoxy) is 1. The first-order valence-electron chi connectivity index (χ1n) is 9.03. The average Bonchev–Trinajstić information content (AvgIpc) is 3.11. The summed E-state index contributed by atoms with van der Waals surface area (Å²) in [6.07, 6.45) is 0. The lowest BCUT2D eigenvalue weighted by Crippen LogP contribution is -2.41. The van der Waals surface area contributed by atoms with Gasteiger partial charge in [-0.2, -0.15) is 5.10 Å². The molecule has 0 saturated carbocycles. The molecule has 1 aromatic heterocycles. The Morgan fingerprint density at radius 2 is 1.85 bits per heavy atom. The highest BCUT2D eigenvalue weighted by molar-refractivity contribution is 6.34. The van der Waals surface area contributed by atoms with Gasteiger partial charge in [-0.3, -0.25) is 14.3 Å². The van der Waals surface area contributed by atoms with Gasteiger partial charge in [0.05, 0.1) is 42.6 Å². The number of nitrogens with zero attached hydrogens (tertiary/aromatic N) is 4. The zero-order valence-corrected chi connectivity index (χ0v) is 15.9. The Labute approximate surface area is 162 Å². The van der Waals surface area contributed by atoms with Crippen molar-refractivity contribution < 1.29 is 14.3 Å². The van der Waals surface area contributed by atoms with E-state index >= 15 is 0 Å². The molecule has 1 saturated heterocycles. The van der Waals surface area contributed by atoms with Gasteiger partial charge >= 0.3 is 0 Å². The predicted molar refractivity (Wildman–Crippen MR) is 99.9 cm³/mol. The number of carbonyl (C=O) groups excluding carboxylic acids is 2. The highest BCUT2D eigenvalue weighted by atomic mass is 35.5. The van der Waals surface area contributed by atoms with Crippen molar-refractivity contribution in [2.24, 2.45) is 0 Å². The highest BCUT2D eigenvalue weighted by Crippen LogP contribution is 2.24. The molecule has 27 heavy (non-hydrogen) atoms. The Balaban J connectivity index is 1.52. The second kappa shape index (κ2) is 7.32. The minimum Gasteiger partial charge on any atom is -0.378 e. The average molecular weight is 389 g/mol. The fraction of sp³-hybridized carbons (Fsp3) is 0.421. The Bertz CT molecular complexity index is 869. The first kappa shape index (κ1) is 18.0. The fourth-order valence-electron chi connectivity index (χ4n) is 3.53. The molecule has 0 bridgehead atoms. The van der Waals surface area contributed by atoms with Crippen molar-refractivity contribution in [3.8, 4) is 0 Å². The monoisotopic (exact) mass is 388 g/mol. The summed E-state index contributed by atoms with van der Waals surface area (Å²) >= 11 is 6.25. The molecule has 0 unspecified atom stereocenters. The van der Waals surface area contributed by atoms with Crippen LogP contribution >= 0.6 is 11.6 Å². The van der Waals surface area contributed by atoms with E-state index in [1.807, 2.05) is 23.7 Å². The summed E-state index contributed by atoms with van der Waals surface area (Å²) in [6, 6.07) is 7.24. The Kier molecular flexibility index (Phi) is 4.88. The SMILES string of the molecule is Cc1cccc(Cl)c1C(=O)N1CCn2nc(C(=O)N3CCOCC3)cc2C1. The van der Waals surface area contributed by atoms with Crippen LogP contribution in [0.1, 0.15) is 32.1 Å². The Morgan fingerprint density at radius 1 is 1.07 bits per heavy atom. The van der Waals surface area contributed by atoms with Crippen LogP contribution in [0.25, 0.3) is 0 Å². The van der Waals surface area contributed by atoms with Gasteiger partial charge < -0.3 is 14.5 Å². The van der Waals surface area contributed by atoms with Crippen LogP contribution in [0.3, 0.4) is 0 Å². The Hall–Kier alpha value is -2.38. The summed E-state index contributed by atoms with van der Waals surface area (Å²) in [7, 11) is 0. The predicted octanol–water partition coefficient (Wildman–Crippen LogP) is 1.97. The maximum Gasteiger partial charge on any atom is 0.274 e. The maximum atomic E-state index is 13.0. The molecule has 142 valence electrons. The number of aromatic nitrogens is 2. The molecule has 2 amide bonds. The number of aryl methyl sites for hydroxylation is 1. The van der Waals surface area contributed by atoms with Gasteiger partial charge in [0, 0.05) is 19.6 Å². The third-order valence-electron chi connectivity index (χ3n) is 5.04. The van der Waals surface area contributed by atoms with Crippen LogP contribution in [0, 0.1) is 6.92 Å². The van der Waals surface area contributed by atoms with E-state index in [0.717, 1.165) is 11.3 Å². The highest BCUT2D eigenvalue weighted by Gasteiger charge is 2.28. The second-order valence-electron chi connectivity index (χ2n) is 6.81. The van der Waals surface area contributed by atoms with Crippen LogP contribution in [0.5, 0.6) is 0 Å². The van der Waals surface area contributed by atoms with E-state index in [2.05, 4.69) is 5.10 Å². The lowest BCUT2D eigenvalue weighted by Gasteiger charge is -2.28. The summed E-state index contributed by atoms with van der Waals surface area (Å²) in [5.74, 6) is -0.174. The van der Waals surface area contributed by atoms with Gasteiger partial charge in [-0.1, -0.05) is 23.7 Å². The van der Waals surface area contributed by atoms with Crippen molar-refractivity contribution in [1.29, 1.82) is 0 Å². The van der Waals surface area contributed by atoms with Crippen LogP contribution in [0.2, 0.25) is 5.02 Å². The minimum absolute atomic E-state index is 0.0833. The van der Waals surface area contributed by atoms with Gasteiger partial charge in [0.25, 0.3) is 11.8 Å². The molecule has 0 aliphatic carbocycles. The lowest BCUT2D eigenvalue weighted by molar-refractivity contribution is 0.0298. The topological polar surface area (TPSA) is 67.7 Å².